The molecule has 4 heteroatoms. The van der Waals surface area contributed by atoms with Crippen LogP contribution in [-0.4, -0.2) is 21.8 Å². The lowest BCUT2D eigenvalue weighted by Crippen LogP contribution is -2.07. The van der Waals surface area contributed by atoms with Gasteiger partial charge in [-0.05, 0) is 19.8 Å². The van der Waals surface area contributed by atoms with Crippen LogP contribution in [0.1, 0.15) is 46.1 Å². The molecule has 0 amide bonds. The number of rotatable bonds is 7. The molecule has 3 nitrogen and oxygen atoms in total. The third-order valence-electron chi connectivity index (χ3n) is 2.64. The molecule has 0 spiro atoms. The molecule has 17 heavy (non-hydrogen) atoms. The van der Waals surface area contributed by atoms with Gasteiger partial charge in [-0.2, -0.15) is 0 Å². The first-order valence-corrected chi connectivity index (χ1v) is 7.35. The Hall–Kier alpha value is -0.770. The van der Waals surface area contributed by atoms with Crippen LogP contribution < -0.4 is 5.32 Å². The molecule has 0 bridgehead atoms. The second-order valence-electron chi connectivity index (χ2n) is 4.12. The van der Waals surface area contributed by atoms with Gasteiger partial charge in [-0.3, -0.25) is 0 Å². The van der Waals surface area contributed by atoms with Crippen LogP contribution in [-0.2, 0) is 6.42 Å². The molecule has 0 saturated carbocycles. The third kappa shape index (κ3) is 4.19. The van der Waals surface area contributed by atoms with Crippen molar-refractivity contribution in [2.24, 2.45) is 0 Å². The molecule has 1 aromatic heterocycles. The van der Waals surface area contributed by atoms with Gasteiger partial charge in [-0.1, -0.05) is 27.2 Å². The number of anilines is 1. The molecule has 1 unspecified atom stereocenters. The molecule has 0 aliphatic rings. The van der Waals surface area contributed by atoms with Gasteiger partial charge in [0, 0.05) is 17.4 Å². The van der Waals surface area contributed by atoms with Crippen molar-refractivity contribution >= 4 is 17.6 Å². The Balaban J connectivity index is 2.96. The monoisotopic (exact) mass is 253 g/mol. The lowest BCUT2D eigenvalue weighted by Gasteiger charge is -2.14. The summed E-state index contributed by atoms with van der Waals surface area (Å²) in [6, 6.07) is 0. The van der Waals surface area contributed by atoms with E-state index in [1.807, 2.05) is 11.8 Å². The number of nitrogens with zero attached hydrogens (tertiary/aromatic N) is 2. The SMILES string of the molecule is CCCc1c(NCC)ncnc1SC(C)CC. The van der Waals surface area contributed by atoms with Crippen molar-refractivity contribution in [2.45, 2.75) is 57.2 Å². The quantitative estimate of drug-likeness (QED) is 0.593. The predicted molar refractivity (Wildman–Crippen MR) is 75.8 cm³/mol. The predicted octanol–water partition coefficient (Wildman–Crippen LogP) is 3.75. The lowest BCUT2D eigenvalue weighted by molar-refractivity contribution is 0.845. The molecule has 96 valence electrons. The second kappa shape index (κ2) is 7.54. The minimum absolute atomic E-state index is 0.606. The highest BCUT2D eigenvalue weighted by atomic mass is 32.2. The molecule has 0 aliphatic carbocycles. The summed E-state index contributed by atoms with van der Waals surface area (Å²) in [5.41, 5.74) is 1.28. The van der Waals surface area contributed by atoms with E-state index in [1.165, 1.54) is 5.56 Å². The Labute approximate surface area is 109 Å². The van der Waals surface area contributed by atoms with Gasteiger partial charge < -0.3 is 5.32 Å². The van der Waals surface area contributed by atoms with Gasteiger partial charge in [0.1, 0.15) is 17.2 Å². The fraction of sp³-hybridized carbons (Fsp3) is 0.692. The third-order valence-corrected chi connectivity index (χ3v) is 3.95. The zero-order chi connectivity index (χ0) is 12.7. The summed E-state index contributed by atoms with van der Waals surface area (Å²) < 4.78 is 0. The van der Waals surface area contributed by atoms with Crippen LogP contribution >= 0.6 is 11.8 Å². The van der Waals surface area contributed by atoms with Gasteiger partial charge in [0.15, 0.2) is 0 Å². The number of nitrogens with one attached hydrogen (secondary N) is 1. The summed E-state index contributed by atoms with van der Waals surface area (Å²) in [7, 11) is 0. The molecule has 0 radical (unpaired) electrons. The molecule has 0 fully saturated rings. The van der Waals surface area contributed by atoms with Gasteiger partial charge in [-0.25, -0.2) is 9.97 Å². The van der Waals surface area contributed by atoms with Gasteiger partial charge in [0.2, 0.25) is 0 Å². The van der Waals surface area contributed by atoms with Gasteiger partial charge in [0.05, 0.1) is 0 Å². The maximum Gasteiger partial charge on any atom is 0.133 e. The molecule has 1 atom stereocenters. The van der Waals surface area contributed by atoms with E-state index in [-0.39, 0.29) is 0 Å². The van der Waals surface area contributed by atoms with E-state index in [0.717, 1.165) is 36.7 Å². The van der Waals surface area contributed by atoms with Crippen LogP contribution in [0.15, 0.2) is 11.4 Å². The van der Waals surface area contributed by atoms with Crippen molar-refractivity contribution in [1.82, 2.24) is 9.97 Å². The first kappa shape index (κ1) is 14.3. The van der Waals surface area contributed by atoms with Crippen molar-refractivity contribution in [3.63, 3.8) is 0 Å². The van der Waals surface area contributed by atoms with E-state index in [9.17, 15) is 0 Å². The average molecular weight is 253 g/mol. The average Bonchev–Trinajstić information content (AvgIpc) is 2.33. The summed E-state index contributed by atoms with van der Waals surface area (Å²) in [4.78, 5) is 8.79. The lowest BCUT2D eigenvalue weighted by atomic mass is 10.2. The highest BCUT2D eigenvalue weighted by Crippen LogP contribution is 2.30. The van der Waals surface area contributed by atoms with Crippen LogP contribution in [0.5, 0.6) is 0 Å². The molecular formula is C13H23N3S. The maximum atomic E-state index is 4.44. The van der Waals surface area contributed by atoms with E-state index in [4.69, 9.17) is 0 Å². The standard InChI is InChI=1S/C13H23N3S/c1-5-8-11-12(14-7-3)15-9-16-13(11)17-10(4)6-2/h9-10H,5-8H2,1-4H3,(H,14,15,16). The molecule has 1 N–H and O–H groups in total. The van der Waals surface area contributed by atoms with Crippen LogP contribution in [0, 0.1) is 0 Å². The van der Waals surface area contributed by atoms with Crippen molar-refractivity contribution in [3.8, 4) is 0 Å². The Morgan fingerprint density at radius 2 is 2.06 bits per heavy atom. The summed E-state index contributed by atoms with van der Waals surface area (Å²) in [5.74, 6) is 1.01. The molecule has 1 aromatic rings. The van der Waals surface area contributed by atoms with E-state index in [2.05, 4.69) is 43.0 Å². The summed E-state index contributed by atoms with van der Waals surface area (Å²) >= 11 is 1.86. The first-order chi connectivity index (χ1) is 8.22. The van der Waals surface area contributed by atoms with Crippen molar-refractivity contribution in [3.05, 3.63) is 11.9 Å². The second-order valence-corrected chi connectivity index (χ2v) is 5.55. The molecule has 0 saturated heterocycles. The Morgan fingerprint density at radius 1 is 1.29 bits per heavy atom. The first-order valence-electron chi connectivity index (χ1n) is 6.47. The van der Waals surface area contributed by atoms with Gasteiger partial charge in [0.25, 0.3) is 0 Å². The largest absolute Gasteiger partial charge is 0.370 e. The van der Waals surface area contributed by atoms with Gasteiger partial charge >= 0.3 is 0 Å². The highest BCUT2D eigenvalue weighted by Gasteiger charge is 2.12. The highest BCUT2D eigenvalue weighted by molar-refractivity contribution is 7.99. The van der Waals surface area contributed by atoms with Crippen molar-refractivity contribution in [2.75, 3.05) is 11.9 Å². The topological polar surface area (TPSA) is 37.8 Å². The van der Waals surface area contributed by atoms with Gasteiger partial charge in [-0.15, -0.1) is 11.8 Å². The number of thioether (sulfide) groups is 1. The van der Waals surface area contributed by atoms with Crippen LogP contribution in [0.3, 0.4) is 0 Å². The van der Waals surface area contributed by atoms with Crippen molar-refractivity contribution < 1.29 is 0 Å². The molecule has 0 aromatic carbocycles. The Morgan fingerprint density at radius 3 is 2.65 bits per heavy atom. The summed E-state index contributed by atoms with van der Waals surface area (Å²) in [6.07, 6.45) is 5.00. The fourth-order valence-electron chi connectivity index (χ4n) is 1.57. The zero-order valence-corrected chi connectivity index (χ0v) is 12.1. The number of aromatic nitrogens is 2. The fourth-order valence-corrected chi connectivity index (χ4v) is 2.56. The number of hydrogen-bond acceptors (Lipinski definition) is 4. The Bertz CT molecular complexity index is 341. The normalized spacial score (nSPS) is 12.5. The number of hydrogen-bond donors (Lipinski definition) is 1. The minimum atomic E-state index is 0.606. The smallest absolute Gasteiger partial charge is 0.133 e. The molecular weight excluding hydrogens is 230 g/mol. The zero-order valence-electron chi connectivity index (χ0n) is 11.3. The summed E-state index contributed by atoms with van der Waals surface area (Å²) in [6.45, 7) is 9.65. The van der Waals surface area contributed by atoms with Crippen LogP contribution in [0.2, 0.25) is 0 Å². The maximum absolute atomic E-state index is 4.44. The Kier molecular flexibility index (Phi) is 6.34. The van der Waals surface area contributed by atoms with E-state index < -0.39 is 0 Å². The minimum Gasteiger partial charge on any atom is -0.370 e. The summed E-state index contributed by atoms with van der Waals surface area (Å²) in [5, 5.41) is 5.08. The molecule has 0 aliphatic heterocycles. The van der Waals surface area contributed by atoms with Crippen molar-refractivity contribution in [1.29, 1.82) is 0 Å². The molecule has 1 heterocycles. The molecule has 1 rings (SSSR count). The van der Waals surface area contributed by atoms with Crippen LogP contribution in [0.25, 0.3) is 0 Å². The van der Waals surface area contributed by atoms with E-state index in [0.29, 0.717) is 5.25 Å². The van der Waals surface area contributed by atoms with Crippen LogP contribution in [0.4, 0.5) is 5.82 Å². The van der Waals surface area contributed by atoms with E-state index >= 15 is 0 Å². The van der Waals surface area contributed by atoms with E-state index in [1.54, 1.807) is 6.33 Å².